The molecule has 1 atom stereocenters. The molecule has 1 N–H and O–H groups in total. The maximum Gasteiger partial charge on any atom is 0.411 e. The van der Waals surface area contributed by atoms with Crippen LogP contribution in [0.5, 0.6) is 0 Å². The quantitative estimate of drug-likeness (QED) is 0.734. The fraction of sp³-hybridized carbons (Fsp3) is 0.417. The third-order valence-electron chi connectivity index (χ3n) is 2.42. The molecule has 1 unspecified atom stereocenters. The number of carbonyl (C=O) groups is 1. The monoisotopic (exact) mass is 319 g/mol. The van der Waals surface area contributed by atoms with Crippen LogP contribution < -0.4 is 0 Å². The number of carbonyl (C=O) groups excluding carboxylic acids is 1. The van der Waals surface area contributed by atoms with Crippen molar-refractivity contribution in [3.63, 3.8) is 0 Å². The molecule has 0 aliphatic rings. The average molecular weight is 319 g/mol. The number of amides is 1. The molecule has 0 fully saturated rings. The Hall–Kier alpha value is -1.71. The number of aliphatic hydroxyl groups excluding tert-OH is 1. The van der Waals surface area contributed by atoms with Gasteiger partial charge in [0, 0.05) is 20.2 Å². The van der Waals surface area contributed by atoms with Crippen LogP contribution >= 0.6 is 11.3 Å². The lowest BCUT2D eigenvalue weighted by molar-refractivity contribution is -0.231. The molecule has 0 saturated heterocycles. The van der Waals surface area contributed by atoms with Crippen LogP contribution in [0.25, 0.3) is 0 Å². The van der Waals surface area contributed by atoms with E-state index in [1.165, 1.54) is 17.1 Å². The Morgan fingerprint density at radius 3 is 2.52 bits per heavy atom. The molecule has 21 heavy (non-hydrogen) atoms. The van der Waals surface area contributed by atoms with Crippen molar-refractivity contribution < 1.29 is 23.4 Å². The van der Waals surface area contributed by atoms with Crippen molar-refractivity contribution in [1.29, 1.82) is 0 Å². The molecule has 116 valence electrons. The Morgan fingerprint density at radius 1 is 1.48 bits per heavy atom. The second kappa shape index (κ2) is 7.34. The van der Waals surface area contributed by atoms with Crippen LogP contribution in [0.3, 0.4) is 0 Å². The van der Waals surface area contributed by atoms with E-state index >= 15 is 0 Å². The third kappa shape index (κ3) is 4.13. The van der Waals surface area contributed by atoms with Crippen LogP contribution in [0, 0.1) is 0 Å². The smallest absolute Gasteiger partial charge is 0.376 e. The molecule has 1 rings (SSSR count). The minimum atomic E-state index is -3.61. The zero-order chi connectivity index (χ0) is 16.0. The minimum absolute atomic E-state index is 0.182. The van der Waals surface area contributed by atoms with Crippen molar-refractivity contribution in [2.45, 2.75) is 12.2 Å². The summed E-state index contributed by atoms with van der Waals surface area (Å²) in [5.74, 6) is -0.696. The van der Waals surface area contributed by atoms with Gasteiger partial charge in [-0.05, 0) is 0 Å². The summed E-state index contributed by atoms with van der Waals surface area (Å²) in [5, 5.41) is 15.6. The number of aliphatic hydroxyl groups is 1. The van der Waals surface area contributed by atoms with Gasteiger partial charge in [-0.3, -0.25) is 4.79 Å². The highest BCUT2D eigenvalue weighted by Crippen LogP contribution is 2.32. The molecule has 0 spiro atoms. The minimum Gasteiger partial charge on any atom is -0.376 e. The SMILES string of the molecule is C=CCN(CC=C)C(=O)C(O)c1nnc(C(F)(F)OC)s1. The summed E-state index contributed by atoms with van der Waals surface area (Å²) in [5.41, 5.74) is 0. The van der Waals surface area contributed by atoms with Crippen LogP contribution in [-0.2, 0) is 15.6 Å². The van der Waals surface area contributed by atoms with Crippen molar-refractivity contribution in [3.8, 4) is 0 Å². The summed E-state index contributed by atoms with van der Waals surface area (Å²) < 4.78 is 30.5. The maximum atomic E-state index is 13.2. The Morgan fingerprint density at radius 2 is 2.05 bits per heavy atom. The summed E-state index contributed by atoms with van der Waals surface area (Å²) in [7, 11) is 0.818. The van der Waals surface area contributed by atoms with Crippen LogP contribution in [0.2, 0.25) is 0 Å². The van der Waals surface area contributed by atoms with Gasteiger partial charge in [0.1, 0.15) is 0 Å². The van der Waals surface area contributed by atoms with Gasteiger partial charge in [-0.2, -0.15) is 8.78 Å². The standard InChI is InChI=1S/C12H15F2N3O3S/c1-4-6-17(7-5-2)10(19)8(18)9-15-16-11(21-9)12(13,14)20-3/h4-5,8,18H,1-2,6-7H2,3H3. The van der Waals surface area contributed by atoms with Gasteiger partial charge in [-0.15, -0.1) is 23.4 Å². The van der Waals surface area contributed by atoms with Crippen molar-refractivity contribution in [2.75, 3.05) is 20.2 Å². The van der Waals surface area contributed by atoms with Crippen molar-refractivity contribution >= 4 is 17.2 Å². The lowest BCUT2D eigenvalue weighted by atomic mass is 10.3. The van der Waals surface area contributed by atoms with Crippen molar-refractivity contribution in [2.24, 2.45) is 0 Å². The number of hydrogen-bond acceptors (Lipinski definition) is 6. The van der Waals surface area contributed by atoms with Crippen LogP contribution in [0.1, 0.15) is 16.1 Å². The number of alkyl halides is 2. The Labute approximate surface area is 124 Å². The van der Waals surface area contributed by atoms with E-state index in [0.717, 1.165) is 7.11 Å². The highest BCUT2D eigenvalue weighted by Gasteiger charge is 2.38. The highest BCUT2D eigenvalue weighted by atomic mass is 32.1. The first-order valence-corrected chi connectivity index (χ1v) is 6.64. The lowest BCUT2D eigenvalue weighted by Crippen LogP contribution is -2.35. The number of halogens is 2. The largest absolute Gasteiger partial charge is 0.411 e. The van der Waals surface area contributed by atoms with E-state index in [0.29, 0.717) is 11.3 Å². The number of ether oxygens (including phenoxy) is 1. The van der Waals surface area contributed by atoms with E-state index in [1.807, 2.05) is 0 Å². The lowest BCUT2D eigenvalue weighted by Gasteiger charge is -2.21. The molecule has 9 heteroatoms. The maximum absolute atomic E-state index is 13.2. The van der Waals surface area contributed by atoms with Gasteiger partial charge in [0.2, 0.25) is 5.01 Å². The number of aromatic nitrogens is 2. The van der Waals surface area contributed by atoms with Crippen LogP contribution in [-0.4, -0.2) is 46.3 Å². The van der Waals surface area contributed by atoms with Crippen LogP contribution in [0.15, 0.2) is 25.3 Å². The van der Waals surface area contributed by atoms with Gasteiger partial charge < -0.3 is 14.7 Å². The molecule has 0 aromatic carbocycles. The van der Waals surface area contributed by atoms with Crippen LogP contribution in [0.4, 0.5) is 8.78 Å². The molecule has 0 bridgehead atoms. The highest BCUT2D eigenvalue weighted by molar-refractivity contribution is 7.11. The van der Waals surface area contributed by atoms with Gasteiger partial charge in [0.15, 0.2) is 11.1 Å². The number of hydrogen-bond donors (Lipinski definition) is 1. The topological polar surface area (TPSA) is 75.6 Å². The molecular weight excluding hydrogens is 304 g/mol. The van der Waals surface area contributed by atoms with Gasteiger partial charge in [-0.25, -0.2) is 0 Å². The fourth-order valence-corrected chi connectivity index (χ4v) is 2.17. The Kier molecular flexibility index (Phi) is 6.06. The fourth-order valence-electron chi connectivity index (χ4n) is 1.39. The average Bonchev–Trinajstić information content (AvgIpc) is 2.96. The number of nitrogens with zero attached hydrogens (tertiary/aromatic N) is 3. The number of methoxy groups -OCH3 is 1. The first kappa shape index (κ1) is 17.3. The second-order valence-corrected chi connectivity index (χ2v) is 4.90. The predicted octanol–water partition coefficient (Wildman–Crippen LogP) is 1.47. The molecule has 0 saturated carbocycles. The first-order valence-electron chi connectivity index (χ1n) is 5.82. The summed E-state index contributed by atoms with van der Waals surface area (Å²) in [6.45, 7) is 7.35. The second-order valence-electron chi connectivity index (χ2n) is 3.89. The molecule has 6 nitrogen and oxygen atoms in total. The summed E-state index contributed by atoms with van der Waals surface area (Å²) in [6.07, 6.45) is -2.35. The predicted molar refractivity (Wildman–Crippen MR) is 72.7 cm³/mol. The van der Waals surface area contributed by atoms with E-state index in [2.05, 4.69) is 28.1 Å². The van der Waals surface area contributed by atoms with Gasteiger partial charge in [0.25, 0.3) is 5.91 Å². The van der Waals surface area contributed by atoms with Gasteiger partial charge in [0.05, 0.1) is 0 Å². The molecule has 1 aromatic rings. The Bertz CT molecular complexity index is 512. The van der Waals surface area contributed by atoms with E-state index in [-0.39, 0.29) is 18.1 Å². The molecule has 0 radical (unpaired) electrons. The van der Waals surface area contributed by atoms with Crippen molar-refractivity contribution in [1.82, 2.24) is 15.1 Å². The van der Waals surface area contributed by atoms with Gasteiger partial charge >= 0.3 is 6.11 Å². The molecular formula is C12H15F2N3O3S. The molecule has 1 aromatic heterocycles. The normalized spacial score (nSPS) is 12.8. The zero-order valence-electron chi connectivity index (χ0n) is 11.3. The first-order chi connectivity index (χ1) is 9.87. The zero-order valence-corrected chi connectivity index (χ0v) is 12.1. The summed E-state index contributed by atoms with van der Waals surface area (Å²) in [4.78, 5) is 13.3. The third-order valence-corrected chi connectivity index (χ3v) is 3.45. The summed E-state index contributed by atoms with van der Waals surface area (Å²) >= 11 is 0.408. The van der Waals surface area contributed by atoms with Gasteiger partial charge in [-0.1, -0.05) is 23.5 Å². The molecule has 1 heterocycles. The molecule has 0 aliphatic carbocycles. The molecule has 1 amide bonds. The van der Waals surface area contributed by atoms with E-state index in [9.17, 15) is 18.7 Å². The molecule has 0 aliphatic heterocycles. The van der Waals surface area contributed by atoms with E-state index in [1.54, 1.807) is 0 Å². The van der Waals surface area contributed by atoms with E-state index < -0.39 is 23.1 Å². The Balaban J connectivity index is 2.92. The van der Waals surface area contributed by atoms with E-state index in [4.69, 9.17) is 0 Å². The number of rotatable bonds is 8. The summed E-state index contributed by atoms with van der Waals surface area (Å²) in [6, 6.07) is 0. The van der Waals surface area contributed by atoms with Crippen molar-refractivity contribution in [3.05, 3.63) is 35.3 Å².